The second-order valence-corrected chi connectivity index (χ2v) is 9.48. The highest BCUT2D eigenvalue weighted by Gasteiger charge is 2.35. The zero-order valence-electron chi connectivity index (χ0n) is 20.5. The van der Waals surface area contributed by atoms with Crippen molar-refractivity contribution in [3.05, 3.63) is 112 Å². The molecule has 2 aliphatic rings. The van der Waals surface area contributed by atoms with Crippen LogP contribution in [0.2, 0.25) is 0 Å². The van der Waals surface area contributed by atoms with Gasteiger partial charge in [0.1, 0.15) is 0 Å². The molecule has 0 spiro atoms. The zero-order chi connectivity index (χ0) is 24.9. The summed E-state index contributed by atoms with van der Waals surface area (Å²) in [6.07, 6.45) is 3.22. The summed E-state index contributed by atoms with van der Waals surface area (Å²) in [5, 5.41) is 4.28. The molecule has 2 N–H and O–H groups in total. The third kappa shape index (κ3) is 3.49. The van der Waals surface area contributed by atoms with Crippen molar-refractivity contribution in [2.45, 2.75) is 32.4 Å². The highest BCUT2D eigenvalue weighted by atomic mass is 16.7. The van der Waals surface area contributed by atoms with Crippen LogP contribution in [0.25, 0.3) is 10.9 Å². The van der Waals surface area contributed by atoms with E-state index in [0.29, 0.717) is 13.0 Å². The Kier molecular flexibility index (Phi) is 5.02. The van der Waals surface area contributed by atoms with Crippen molar-refractivity contribution in [3.63, 3.8) is 0 Å². The quantitative estimate of drug-likeness (QED) is 0.351. The second kappa shape index (κ2) is 8.55. The monoisotopic (exact) mass is 490 g/mol. The highest BCUT2D eigenvalue weighted by Crippen LogP contribution is 2.44. The molecule has 0 aliphatic carbocycles. The molecule has 0 bridgehead atoms. The van der Waals surface area contributed by atoms with Gasteiger partial charge in [0, 0.05) is 40.6 Å². The first kappa shape index (κ1) is 21.7. The number of rotatable bonds is 5. The van der Waals surface area contributed by atoms with E-state index in [1.165, 1.54) is 10.9 Å². The summed E-state index contributed by atoms with van der Waals surface area (Å²) >= 11 is 0. The van der Waals surface area contributed by atoms with Crippen LogP contribution in [0.15, 0.2) is 72.9 Å². The molecule has 184 valence electrons. The van der Waals surface area contributed by atoms with E-state index in [-0.39, 0.29) is 18.7 Å². The molecule has 0 fully saturated rings. The summed E-state index contributed by atoms with van der Waals surface area (Å²) in [5.74, 6) is 1.43. The third-order valence-corrected chi connectivity index (χ3v) is 7.42. The van der Waals surface area contributed by atoms with E-state index in [9.17, 15) is 4.79 Å². The minimum atomic E-state index is -0.118. The number of carbonyl (C=O) groups is 1. The van der Waals surface area contributed by atoms with E-state index >= 15 is 0 Å². The summed E-state index contributed by atoms with van der Waals surface area (Å²) in [7, 11) is 0. The molecule has 1 amide bonds. The molecule has 1 unspecified atom stereocenters. The van der Waals surface area contributed by atoms with Crippen molar-refractivity contribution in [2.24, 2.45) is 0 Å². The molecule has 3 aromatic heterocycles. The number of carbonyl (C=O) groups excluding carboxylic acids is 1. The van der Waals surface area contributed by atoms with Gasteiger partial charge in [-0.3, -0.25) is 9.78 Å². The number of aromatic nitrogens is 3. The van der Waals surface area contributed by atoms with E-state index in [2.05, 4.69) is 63.2 Å². The molecule has 2 aromatic carbocycles. The lowest BCUT2D eigenvalue weighted by Gasteiger charge is -2.30. The van der Waals surface area contributed by atoms with Gasteiger partial charge in [0.15, 0.2) is 11.5 Å². The number of ether oxygens (including phenoxy) is 2. The van der Waals surface area contributed by atoms with Gasteiger partial charge >= 0.3 is 0 Å². The van der Waals surface area contributed by atoms with Crippen LogP contribution in [0.3, 0.4) is 0 Å². The smallest absolute Gasteiger partial charge is 0.253 e. The van der Waals surface area contributed by atoms with Gasteiger partial charge in [0.2, 0.25) is 6.79 Å². The predicted molar refractivity (Wildman–Crippen MR) is 140 cm³/mol. The van der Waals surface area contributed by atoms with E-state index in [1.54, 1.807) is 6.20 Å². The normalized spacial score (nSPS) is 15.4. The average Bonchev–Trinajstić information content (AvgIpc) is 3.66. The van der Waals surface area contributed by atoms with Crippen LogP contribution in [0.5, 0.6) is 11.5 Å². The Hall–Kier alpha value is -4.52. The maximum absolute atomic E-state index is 13.5. The van der Waals surface area contributed by atoms with Gasteiger partial charge in [0.25, 0.3) is 5.91 Å². The van der Waals surface area contributed by atoms with Crippen molar-refractivity contribution in [3.8, 4) is 11.5 Å². The van der Waals surface area contributed by atoms with Crippen LogP contribution >= 0.6 is 0 Å². The van der Waals surface area contributed by atoms with E-state index < -0.39 is 0 Å². The van der Waals surface area contributed by atoms with Crippen LogP contribution in [-0.2, 0) is 19.4 Å². The van der Waals surface area contributed by atoms with Gasteiger partial charge in [0.05, 0.1) is 23.8 Å². The van der Waals surface area contributed by atoms with Gasteiger partial charge in [-0.2, -0.15) is 0 Å². The molecule has 7 nitrogen and oxygen atoms in total. The number of benzene rings is 2. The Morgan fingerprint density at radius 2 is 1.95 bits per heavy atom. The molecule has 7 rings (SSSR count). The third-order valence-electron chi connectivity index (χ3n) is 7.42. The summed E-state index contributed by atoms with van der Waals surface area (Å²) in [5.41, 5.74) is 8.25. The summed E-state index contributed by atoms with van der Waals surface area (Å²) in [6, 6.07) is 22.2. The van der Waals surface area contributed by atoms with Crippen molar-refractivity contribution in [2.75, 3.05) is 6.79 Å². The summed E-state index contributed by atoms with van der Waals surface area (Å²) < 4.78 is 13.6. The Morgan fingerprint density at radius 3 is 2.81 bits per heavy atom. The number of H-pyrrole nitrogens is 1. The van der Waals surface area contributed by atoms with Crippen LogP contribution in [0.4, 0.5) is 0 Å². The Morgan fingerprint density at radius 1 is 1.08 bits per heavy atom. The number of hydrogen-bond donors (Lipinski definition) is 2. The molecule has 37 heavy (non-hydrogen) atoms. The standard InChI is InChI=1S/C30H26N4O3/c1-2-20-14-23(30(35)32-16-19-7-5-6-12-31-19)25-15-22-21-8-3-4-9-24(21)33-28(22)29(34(20)25)18-10-11-26-27(13-18)37-17-36-26/h3-14,29,33H,2,15-17H2,1H3,(H,32,35). The fourth-order valence-corrected chi connectivity index (χ4v) is 5.70. The number of nitrogens with one attached hydrogen (secondary N) is 2. The molecule has 0 saturated heterocycles. The number of aromatic amines is 1. The van der Waals surface area contributed by atoms with Crippen molar-refractivity contribution in [1.29, 1.82) is 0 Å². The SMILES string of the molecule is CCc1cc(C(=O)NCc2ccccn2)c2n1C(c1ccc3c(c1)OCO3)c1[nH]c3ccccc3c1C2. The van der Waals surface area contributed by atoms with Gasteiger partial charge in [-0.1, -0.05) is 37.3 Å². The molecule has 1 atom stereocenters. The molecule has 5 aromatic rings. The minimum Gasteiger partial charge on any atom is -0.454 e. The van der Waals surface area contributed by atoms with Crippen LogP contribution in [0, 0.1) is 0 Å². The molecule has 7 heteroatoms. The van der Waals surface area contributed by atoms with Gasteiger partial charge in [-0.15, -0.1) is 0 Å². The number of pyridine rings is 1. The fraction of sp³-hybridized carbons (Fsp3) is 0.200. The number of hydrogen-bond acceptors (Lipinski definition) is 4. The number of nitrogens with zero attached hydrogens (tertiary/aromatic N) is 2. The van der Waals surface area contributed by atoms with Gasteiger partial charge in [-0.05, 0) is 53.9 Å². The fourth-order valence-electron chi connectivity index (χ4n) is 5.70. The first-order valence-electron chi connectivity index (χ1n) is 12.6. The van der Waals surface area contributed by atoms with E-state index in [1.807, 2.05) is 30.3 Å². The predicted octanol–water partition coefficient (Wildman–Crippen LogP) is 5.13. The number of para-hydroxylation sites is 1. The lowest BCUT2D eigenvalue weighted by Crippen LogP contribution is -2.27. The average molecular weight is 491 g/mol. The Balaban J connectivity index is 1.37. The Bertz CT molecular complexity index is 1650. The molecule has 0 saturated carbocycles. The van der Waals surface area contributed by atoms with E-state index in [4.69, 9.17) is 9.47 Å². The molecular formula is C30H26N4O3. The first-order valence-corrected chi connectivity index (χ1v) is 12.6. The number of amides is 1. The lowest BCUT2D eigenvalue weighted by molar-refractivity contribution is 0.0949. The summed E-state index contributed by atoms with van der Waals surface area (Å²) in [4.78, 5) is 21.6. The minimum absolute atomic E-state index is 0.0816. The number of aryl methyl sites for hydroxylation is 1. The zero-order valence-corrected chi connectivity index (χ0v) is 20.5. The molecule has 5 heterocycles. The molecule has 2 aliphatic heterocycles. The maximum atomic E-state index is 13.5. The van der Waals surface area contributed by atoms with E-state index in [0.717, 1.165) is 57.3 Å². The van der Waals surface area contributed by atoms with Crippen LogP contribution < -0.4 is 14.8 Å². The summed E-state index contributed by atoms with van der Waals surface area (Å²) in [6.45, 7) is 2.75. The highest BCUT2D eigenvalue weighted by molar-refractivity contribution is 5.96. The van der Waals surface area contributed by atoms with Crippen molar-refractivity contribution < 1.29 is 14.3 Å². The second-order valence-electron chi connectivity index (χ2n) is 9.48. The van der Waals surface area contributed by atoms with Crippen LogP contribution in [-0.4, -0.2) is 27.2 Å². The van der Waals surface area contributed by atoms with Crippen molar-refractivity contribution in [1.82, 2.24) is 19.9 Å². The molecule has 0 radical (unpaired) electrons. The van der Waals surface area contributed by atoms with Crippen molar-refractivity contribution >= 4 is 16.8 Å². The largest absolute Gasteiger partial charge is 0.454 e. The van der Waals surface area contributed by atoms with Crippen LogP contribution in [0.1, 0.15) is 57.2 Å². The lowest BCUT2D eigenvalue weighted by atomic mass is 9.91. The number of fused-ring (bicyclic) bond motifs is 5. The first-order chi connectivity index (χ1) is 18.2. The van der Waals surface area contributed by atoms with Gasteiger partial charge in [-0.25, -0.2) is 0 Å². The molecular weight excluding hydrogens is 464 g/mol. The Labute approximate surface area is 214 Å². The topological polar surface area (TPSA) is 81.2 Å². The van der Waals surface area contributed by atoms with Gasteiger partial charge < -0.3 is 24.3 Å². The maximum Gasteiger partial charge on any atom is 0.253 e.